The Morgan fingerprint density at radius 2 is 1.03 bits per heavy atom. The summed E-state index contributed by atoms with van der Waals surface area (Å²) in [5.74, 6) is 0. The van der Waals surface area contributed by atoms with E-state index in [1.165, 1.54) is 68.2 Å². The molecular formula is C56H46N2O. The number of para-hydroxylation sites is 2. The second kappa shape index (κ2) is 13.4. The van der Waals surface area contributed by atoms with Gasteiger partial charge in [0.1, 0.15) is 11.2 Å². The quantitative estimate of drug-likeness (QED) is 0.168. The van der Waals surface area contributed by atoms with Crippen molar-refractivity contribution >= 4 is 60.8 Å². The van der Waals surface area contributed by atoms with E-state index in [9.17, 15) is 0 Å². The van der Waals surface area contributed by atoms with Crippen molar-refractivity contribution < 1.29 is 4.42 Å². The topological polar surface area (TPSA) is 21.3 Å². The molecule has 10 aromatic rings. The molecule has 0 spiro atoms. The molecule has 11 rings (SSSR count). The molecule has 0 atom stereocenters. The average Bonchev–Trinajstić information content (AvgIpc) is 3.81. The number of aromatic nitrogens is 1. The molecular weight excluding hydrogens is 717 g/mol. The molecule has 8 aromatic carbocycles. The van der Waals surface area contributed by atoms with Crippen molar-refractivity contribution in [3.8, 4) is 27.9 Å². The molecule has 0 bridgehead atoms. The van der Waals surface area contributed by atoms with Crippen LogP contribution in [0.3, 0.4) is 0 Å². The van der Waals surface area contributed by atoms with Crippen LogP contribution in [-0.2, 0) is 10.8 Å². The van der Waals surface area contributed by atoms with Crippen LogP contribution in [0.2, 0.25) is 0 Å². The van der Waals surface area contributed by atoms with Gasteiger partial charge in [-0.15, -0.1) is 0 Å². The Labute approximate surface area is 345 Å². The van der Waals surface area contributed by atoms with Crippen molar-refractivity contribution in [3.05, 3.63) is 193 Å². The van der Waals surface area contributed by atoms with Gasteiger partial charge in [-0.05, 0) is 124 Å². The van der Waals surface area contributed by atoms with Crippen LogP contribution in [0.4, 0.5) is 17.1 Å². The molecule has 3 nitrogen and oxygen atoms in total. The summed E-state index contributed by atoms with van der Waals surface area (Å²) < 4.78 is 8.95. The number of hydrogen-bond donors (Lipinski definition) is 0. The number of nitrogens with zero attached hydrogens (tertiary/aromatic N) is 2. The van der Waals surface area contributed by atoms with E-state index in [-0.39, 0.29) is 10.8 Å². The van der Waals surface area contributed by atoms with Gasteiger partial charge in [0.25, 0.3) is 0 Å². The first kappa shape index (κ1) is 35.3. The maximum atomic E-state index is 6.42. The predicted molar refractivity (Wildman–Crippen MR) is 249 cm³/mol. The second-order valence-corrected chi connectivity index (χ2v) is 17.6. The zero-order valence-corrected chi connectivity index (χ0v) is 34.0. The number of benzene rings is 8. The van der Waals surface area contributed by atoms with Crippen LogP contribution in [0.25, 0.3) is 71.7 Å². The molecule has 0 amide bonds. The third kappa shape index (κ3) is 5.79. The minimum absolute atomic E-state index is 0.0716. The number of anilines is 3. The lowest BCUT2D eigenvalue weighted by Crippen LogP contribution is -2.35. The predicted octanol–water partition coefficient (Wildman–Crippen LogP) is 15.8. The zero-order chi connectivity index (χ0) is 39.9. The van der Waals surface area contributed by atoms with E-state index < -0.39 is 0 Å². The zero-order valence-electron chi connectivity index (χ0n) is 34.0. The maximum Gasteiger partial charge on any atom is 0.137 e. The molecule has 0 aliphatic heterocycles. The van der Waals surface area contributed by atoms with Crippen molar-refractivity contribution in [2.45, 2.75) is 51.4 Å². The van der Waals surface area contributed by atoms with Crippen LogP contribution in [-0.4, -0.2) is 4.57 Å². The number of rotatable bonds is 6. The number of furan rings is 1. The molecule has 1 aliphatic carbocycles. The first-order valence-corrected chi connectivity index (χ1v) is 20.9. The van der Waals surface area contributed by atoms with E-state index in [2.05, 4.69) is 207 Å². The molecule has 0 saturated heterocycles. The monoisotopic (exact) mass is 762 g/mol. The van der Waals surface area contributed by atoms with Crippen LogP contribution in [0, 0.1) is 0 Å². The van der Waals surface area contributed by atoms with E-state index in [1.807, 2.05) is 12.1 Å². The van der Waals surface area contributed by atoms with E-state index in [1.54, 1.807) is 0 Å². The molecule has 2 heterocycles. The van der Waals surface area contributed by atoms with Gasteiger partial charge in [-0.25, -0.2) is 0 Å². The average molecular weight is 763 g/mol. The highest BCUT2D eigenvalue weighted by molar-refractivity contribution is 6.11. The lowest BCUT2D eigenvalue weighted by molar-refractivity contribution is 0.331. The van der Waals surface area contributed by atoms with Gasteiger partial charge in [0.05, 0.1) is 16.7 Å². The summed E-state index contributed by atoms with van der Waals surface area (Å²) in [5.41, 5.74) is 16.6. The van der Waals surface area contributed by atoms with E-state index in [0.717, 1.165) is 44.6 Å². The van der Waals surface area contributed by atoms with Crippen LogP contribution in [0.15, 0.2) is 186 Å². The van der Waals surface area contributed by atoms with Crippen LogP contribution < -0.4 is 4.90 Å². The minimum Gasteiger partial charge on any atom is -0.456 e. The standard InChI is InChI=1S/C56H46N2O/c1-55(2)32-33-56(3,4)54-48(55)20-13-22-51(54)58-49-21-10-8-18-44(49)47-35-40(26-31-50(47)58)39-16-12-17-42(34-39)57(41-27-24-38(25-28-41)37-14-6-5-7-15-37)43-29-30-46-45-19-9-11-23-52(45)59-53(46)36-43/h5-31,34-36H,32-33H2,1-4H3. The molecule has 0 unspecified atom stereocenters. The Bertz CT molecular complexity index is 3220. The SMILES string of the molecule is CC1(C)CCC(C)(C)c2c(-n3c4ccccc4c4cc(-c5cccc(N(c6ccc(-c7ccccc7)cc6)c6ccc7c(c6)oc6ccccc67)c5)ccc43)cccc21. The first-order chi connectivity index (χ1) is 28.7. The Hall–Kier alpha value is -6.84. The highest BCUT2D eigenvalue weighted by Crippen LogP contribution is 2.49. The molecule has 0 radical (unpaired) electrons. The summed E-state index contributed by atoms with van der Waals surface area (Å²) in [6, 6.07) is 66.2. The van der Waals surface area contributed by atoms with Crippen molar-refractivity contribution in [1.82, 2.24) is 4.57 Å². The Balaban J connectivity index is 1.06. The fourth-order valence-corrected chi connectivity index (χ4v) is 9.86. The number of hydrogen-bond acceptors (Lipinski definition) is 2. The molecule has 286 valence electrons. The second-order valence-electron chi connectivity index (χ2n) is 17.6. The molecule has 1 aliphatic rings. The van der Waals surface area contributed by atoms with Gasteiger partial charge < -0.3 is 13.9 Å². The first-order valence-electron chi connectivity index (χ1n) is 20.9. The largest absolute Gasteiger partial charge is 0.456 e. The van der Waals surface area contributed by atoms with E-state index in [0.29, 0.717) is 0 Å². The lowest BCUT2D eigenvalue weighted by Gasteiger charge is -2.43. The fourth-order valence-electron chi connectivity index (χ4n) is 9.86. The van der Waals surface area contributed by atoms with Gasteiger partial charge in [-0.1, -0.05) is 137 Å². The van der Waals surface area contributed by atoms with Gasteiger partial charge in [-0.2, -0.15) is 0 Å². The smallest absolute Gasteiger partial charge is 0.137 e. The normalized spacial score (nSPS) is 14.6. The van der Waals surface area contributed by atoms with E-state index in [4.69, 9.17) is 4.42 Å². The van der Waals surface area contributed by atoms with Gasteiger partial charge in [-0.3, -0.25) is 0 Å². The Kier molecular flexibility index (Phi) is 8.00. The summed E-state index contributed by atoms with van der Waals surface area (Å²) in [6.45, 7) is 9.68. The molecule has 59 heavy (non-hydrogen) atoms. The van der Waals surface area contributed by atoms with E-state index >= 15 is 0 Å². The highest BCUT2D eigenvalue weighted by atomic mass is 16.3. The van der Waals surface area contributed by atoms with Crippen LogP contribution >= 0.6 is 0 Å². The van der Waals surface area contributed by atoms with Crippen molar-refractivity contribution in [1.29, 1.82) is 0 Å². The highest BCUT2D eigenvalue weighted by Gasteiger charge is 2.39. The summed E-state index contributed by atoms with van der Waals surface area (Å²) in [4.78, 5) is 2.34. The van der Waals surface area contributed by atoms with Crippen LogP contribution in [0.5, 0.6) is 0 Å². The van der Waals surface area contributed by atoms with Gasteiger partial charge in [0, 0.05) is 44.7 Å². The van der Waals surface area contributed by atoms with Crippen molar-refractivity contribution in [2.75, 3.05) is 4.90 Å². The van der Waals surface area contributed by atoms with Gasteiger partial charge in [0.15, 0.2) is 0 Å². The van der Waals surface area contributed by atoms with Gasteiger partial charge in [0.2, 0.25) is 0 Å². The Morgan fingerprint density at radius 1 is 0.424 bits per heavy atom. The summed E-state index contributed by atoms with van der Waals surface area (Å²) >= 11 is 0. The number of fused-ring (bicyclic) bond motifs is 7. The third-order valence-corrected chi connectivity index (χ3v) is 13.0. The molecule has 3 heteroatoms. The van der Waals surface area contributed by atoms with Crippen molar-refractivity contribution in [3.63, 3.8) is 0 Å². The Morgan fingerprint density at radius 3 is 1.88 bits per heavy atom. The summed E-state index contributed by atoms with van der Waals surface area (Å²) in [5, 5.41) is 4.78. The van der Waals surface area contributed by atoms with Gasteiger partial charge >= 0.3 is 0 Å². The summed E-state index contributed by atoms with van der Waals surface area (Å²) in [6.07, 6.45) is 2.36. The molecule has 2 aromatic heterocycles. The minimum atomic E-state index is 0.0716. The lowest BCUT2D eigenvalue weighted by atomic mass is 9.62. The molecule has 0 N–H and O–H groups in total. The fraction of sp³-hybridized carbons (Fsp3) is 0.143. The molecule has 0 saturated carbocycles. The van der Waals surface area contributed by atoms with Crippen molar-refractivity contribution in [2.24, 2.45) is 0 Å². The molecule has 0 fully saturated rings. The summed E-state index contributed by atoms with van der Waals surface area (Å²) in [7, 11) is 0. The maximum absolute atomic E-state index is 6.42. The third-order valence-electron chi connectivity index (χ3n) is 13.0. The van der Waals surface area contributed by atoms with Crippen LogP contribution in [0.1, 0.15) is 51.7 Å².